The van der Waals surface area contributed by atoms with Gasteiger partial charge in [0.25, 0.3) is 5.91 Å². The second-order valence-electron chi connectivity index (χ2n) is 7.92. The molecule has 0 spiro atoms. The molecule has 0 aromatic heterocycles. The van der Waals surface area contributed by atoms with Gasteiger partial charge in [0.05, 0.1) is 19.1 Å². The van der Waals surface area contributed by atoms with Crippen molar-refractivity contribution >= 4 is 29.7 Å². The van der Waals surface area contributed by atoms with Crippen molar-refractivity contribution in [2.75, 3.05) is 27.8 Å². The monoisotopic (exact) mass is 432 g/mol. The van der Waals surface area contributed by atoms with E-state index in [1.165, 1.54) is 0 Å². The molecule has 1 heterocycles. The third-order valence-corrected chi connectivity index (χ3v) is 7.37. The summed E-state index contributed by atoms with van der Waals surface area (Å²) < 4.78 is 10.7. The minimum atomic E-state index is -0.00432. The van der Waals surface area contributed by atoms with E-state index in [4.69, 9.17) is 9.47 Å². The van der Waals surface area contributed by atoms with Crippen LogP contribution in [0.4, 0.5) is 0 Å². The van der Waals surface area contributed by atoms with E-state index in [9.17, 15) is 9.59 Å². The van der Waals surface area contributed by atoms with Crippen molar-refractivity contribution in [3.63, 3.8) is 0 Å². The van der Waals surface area contributed by atoms with E-state index in [0.717, 1.165) is 49.1 Å². The highest BCUT2D eigenvalue weighted by atomic mass is 32.2. The van der Waals surface area contributed by atoms with Gasteiger partial charge in [-0.15, -0.1) is 11.8 Å². The van der Waals surface area contributed by atoms with E-state index in [2.05, 4.69) is 12.2 Å². The molecule has 164 valence electrons. The Kier molecular flexibility index (Phi) is 7.69. The molecule has 3 atom stereocenters. The molecule has 3 unspecified atom stereocenters. The fourth-order valence-electron chi connectivity index (χ4n) is 4.16. The predicted molar refractivity (Wildman–Crippen MR) is 121 cm³/mol. The molecular weight excluding hydrogens is 400 g/mol. The second-order valence-corrected chi connectivity index (χ2v) is 9.20. The smallest absolute Gasteiger partial charge is 0.260 e. The Labute approximate surface area is 183 Å². The lowest BCUT2D eigenvalue weighted by Crippen LogP contribution is -2.52. The second kappa shape index (κ2) is 10.2. The highest BCUT2D eigenvalue weighted by Crippen LogP contribution is 2.43. The van der Waals surface area contributed by atoms with E-state index in [-0.39, 0.29) is 23.8 Å². The first-order valence-electron chi connectivity index (χ1n) is 10.6. The zero-order chi connectivity index (χ0) is 21.7. The number of thioether (sulfide) groups is 1. The molecule has 1 aliphatic heterocycles. The number of fused-ring (bicyclic) bond motifs is 1. The van der Waals surface area contributed by atoms with Gasteiger partial charge in [-0.1, -0.05) is 19.4 Å². The Hall–Kier alpha value is -2.15. The first-order valence-corrected chi connectivity index (χ1v) is 11.5. The first-order chi connectivity index (χ1) is 14.5. The summed E-state index contributed by atoms with van der Waals surface area (Å²) in [5, 5.41) is 3.37. The lowest BCUT2D eigenvalue weighted by Gasteiger charge is -2.44. The molecule has 3 rings (SSSR count). The lowest BCUT2D eigenvalue weighted by molar-refractivity contribution is -0.131. The molecule has 1 aliphatic carbocycles. The molecule has 1 N–H and O–H groups in total. The van der Waals surface area contributed by atoms with Crippen LogP contribution < -0.4 is 14.8 Å². The first kappa shape index (κ1) is 22.5. The van der Waals surface area contributed by atoms with Gasteiger partial charge in [0.15, 0.2) is 11.5 Å². The third-order valence-electron chi connectivity index (χ3n) is 5.97. The van der Waals surface area contributed by atoms with Crippen molar-refractivity contribution in [1.29, 1.82) is 0 Å². The lowest BCUT2D eigenvalue weighted by atomic mass is 9.83. The zero-order valence-electron chi connectivity index (χ0n) is 18.3. The molecule has 0 radical (unpaired) electrons. The molecule has 2 fully saturated rings. The largest absolute Gasteiger partial charge is 0.493 e. The van der Waals surface area contributed by atoms with Gasteiger partial charge < -0.3 is 19.7 Å². The van der Waals surface area contributed by atoms with Gasteiger partial charge in [-0.3, -0.25) is 9.59 Å². The Morgan fingerprint density at radius 1 is 1.27 bits per heavy atom. The molecule has 30 heavy (non-hydrogen) atoms. The van der Waals surface area contributed by atoms with Crippen LogP contribution in [-0.2, 0) is 9.59 Å². The maximum absolute atomic E-state index is 13.0. The summed E-state index contributed by atoms with van der Waals surface area (Å²) in [6.45, 7) is 2.85. The Morgan fingerprint density at radius 2 is 2.03 bits per heavy atom. The maximum atomic E-state index is 13.0. The van der Waals surface area contributed by atoms with Crippen molar-refractivity contribution in [3.05, 3.63) is 28.7 Å². The maximum Gasteiger partial charge on any atom is 0.260 e. The summed E-state index contributed by atoms with van der Waals surface area (Å²) >= 11 is 1.65. The SMILES string of the molecule is CCCCNC(=O)C1CCC2S/C(=C\c3ccc(OC)c(OC)c3)C(=O)N(C)C2C1. The molecular formula is C23H32N2O4S. The van der Waals surface area contributed by atoms with Gasteiger partial charge in [-0.2, -0.15) is 0 Å². The summed E-state index contributed by atoms with van der Waals surface area (Å²) in [4.78, 5) is 28.1. The quantitative estimate of drug-likeness (QED) is 0.526. The number of ether oxygens (including phenoxy) is 2. The molecule has 1 saturated carbocycles. The Morgan fingerprint density at radius 3 is 2.73 bits per heavy atom. The van der Waals surface area contributed by atoms with Crippen molar-refractivity contribution in [3.8, 4) is 11.5 Å². The Balaban J connectivity index is 1.71. The van der Waals surface area contributed by atoms with Gasteiger partial charge in [0.1, 0.15) is 0 Å². The number of benzene rings is 1. The van der Waals surface area contributed by atoms with Crippen LogP contribution in [0.3, 0.4) is 0 Å². The molecule has 0 bridgehead atoms. The number of amides is 2. The molecule has 2 aliphatic rings. The van der Waals surface area contributed by atoms with Crippen LogP contribution in [0.1, 0.15) is 44.6 Å². The average Bonchev–Trinajstić information content (AvgIpc) is 2.77. The van der Waals surface area contributed by atoms with Gasteiger partial charge in [-0.05, 0) is 49.5 Å². The van der Waals surface area contributed by atoms with Crippen LogP contribution in [0.25, 0.3) is 6.08 Å². The number of nitrogens with zero attached hydrogens (tertiary/aromatic N) is 1. The fraction of sp³-hybridized carbons (Fsp3) is 0.565. The van der Waals surface area contributed by atoms with Crippen LogP contribution in [0.2, 0.25) is 0 Å². The van der Waals surface area contributed by atoms with Crippen molar-refractivity contribution < 1.29 is 19.1 Å². The number of hydrogen-bond acceptors (Lipinski definition) is 5. The third kappa shape index (κ3) is 4.94. The van der Waals surface area contributed by atoms with Gasteiger partial charge in [0, 0.05) is 30.8 Å². The summed E-state index contributed by atoms with van der Waals surface area (Å²) in [5.74, 6) is 1.45. The van der Waals surface area contributed by atoms with Crippen molar-refractivity contribution in [2.45, 2.75) is 50.3 Å². The summed E-state index contributed by atoms with van der Waals surface area (Å²) in [5.41, 5.74) is 0.902. The summed E-state index contributed by atoms with van der Waals surface area (Å²) in [7, 11) is 5.07. The van der Waals surface area contributed by atoms with E-state index in [1.807, 2.05) is 36.2 Å². The number of methoxy groups -OCH3 is 2. The minimum Gasteiger partial charge on any atom is -0.493 e. The standard InChI is InChI=1S/C23H32N2O4S/c1-5-6-11-24-22(26)16-8-10-20-17(14-16)25(2)23(27)21(30-20)13-15-7-9-18(28-3)19(12-15)29-4/h7,9,12-13,16-17,20H,5-6,8,10-11,14H2,1-4H3,(H,24,26)/b21-13-. The summed E-state index contributed by atoms with van der Waals surface area (Å²) in [6, 6.07) is 5.74. The number of carbonyl (C=O) groups excluding carboxylic acids is 2. The number of hydrogen-bond donors (Lipinski definition) is 1. The molecule has 1 saturated heterocycles. The number of likely N-dealkylation sites (N-methyl/N-ethyl adjacent to an activating group) is 1. The van der Waals surface area contributed by atoms with Crippen molar-refractivity contribution in [2.24, 2.45) is 5.92 Å². The number of unbranched alkanes of at least 4 members (excludes halogenated alkanes) is 1. The van der Waals surface area contributed by atoms with Crippen LogP contribution in [0.5, 0.6) is 11.5 Å². The van der Waals surface area contributed by atoms with Crippen molar-refractivity contribution in [1.82, 2.24) is 10.2 Å². The molecule has 1 aromatic rings. The number of carbonyl (C=O) groups is 2. The normalized spacial score (nSPS) is 25.1. The molecule has 6 nitrogen and oxygen atoms in total. The van der Waals surface area contributed by atoms with Gasteiger partial charge in [-0.25, -0.2) is 0 Å². The predicted octanol–water partition coefficient (Wildman–Crippen LogP) is 3.70. The van der Waals surface area contributed by atoms with Crippen LogP contribution in [0.15, 0.2) is 23.1 Å². The van der Waals surface area contributed by atoms with E-state index in [1.54, 1.807) is 26.0 Å². The van der Waals surface area contributed by atoms with Crippen LogP contribution >= 0.6 is 11.8 Å². The van der Waals surface area contributed by atoms with E-state index >= 15 is 0 Å². The number of rotatable bonds is 7. The molecule has 7 heteroatoms. The fourth-order valence-corrected chi connectivity index (χ4v) is 5.64. The Bertz CT molecular complexity index is 810. The van der Waals surface area contributed by atoms with Gasteiger partial charge >= 0.3 is 0 Å². The minimum absolute atomic E-state index is 0.00432. The topological polar surface area (TPSA) is 67.9 Å². The van der Waals surface area contributed by atoms with Gasteiger partial charge in [0.2, 0.25) is 5.91 Å². The highest BCUT2D eigenvalue weighted by molar-refractivity contribution is 8.04. The number of nitrogens with one attached hydrogen (secondary N) is 1. The molecule has 2 amide bonds. The van der Waals surface area contributed by atoms with E-state index < -0.39 is 0 Å². The van der Waals surface area contributed by atoms with Crippen LogP contribution in [-0.4, -0.2) is 55.8 Å². The average molecular weight is 433 g/mol. The zero-order valence-corrected chi connectivity index (χ0v) is 19.1. The molecule has 1 aromatic carbocycles. The summed E-state index contributed by atoms with van der Waals surface area (Å²) in [6.07, 6.45) is 6.54. The van der Waals surface area contributed by atoms with E-state index in [0.29, 0.717) is 16.7 Å². The highest BCUT2D eigenvalue weighted by Gasteiger charge is 2.42. The van der Waals surface area contributed by atoms with Crippen LogP contribution in [0, 0.1) is 5.92 Å².